The summed E-state index contributed by atoms with van der Waals surface area (Å²) in [6, 6.07) is 18.0. The molecule has 0 saturated heterocycles. The molecule has 0 fully saturated rings. The fourth-order valence-corrected chi connectivity index (χ4v) is 3.24. The van der Waals surface area contributed by atoms with Crippen molar-refractivity contribution in [3.63, 3.8) is 0 Å². The molecule has 5 heteroatoms. The van der Waals surface area contributed by atoms with E-state index < -0.39 is 0 Å². The first-order valence-corrected chi connectivity index (χ1v) is 9.38. The van der Waals surface area contributed by atoms with Crippen molar-refractivity contribution >= 4 is 21.7 Å². The Bertz CT molecular complexity index is 850. The number of pyridine rings is 2. The number of anilines is 1. The molecular formula is C21H23BrN4. The molecule has 0 unspecified atom stereocenters. The van der Waals surface area contributed by atoms with E-state index in [0.29, 0.717) is 6.54 Å². The molecule has 2 aromatic heterocycles. The minimum atomic E-state index is -0.132. The zero-order valence-corrected chi connectivity index (χ0v) is 16.6. The van der Waals surface area contributed by atoms with Gasteiger partial charge in [-0.05, 0) is 45.8 Å². The van der Waals surface area contributed by atoms with Crippen LogP contribution in [0.25, 0.3) is 11.3 Å². The molecule has 0 aliphatic heterocycles. The van der Waals surface area contributed by atoms with Crippen molar-refractivity contribution in [3.05, 3.63) is 77.0 Å². The zero-order chi connectivity index (χ0) is 18.6. The third kappa shape index (κ3) is 4.29. The van der Waals surface area contributed by atoms with Crippen LogP contribution in [0.4, 0.5) is 5.82 Å². The van der Waals surface area contributed by atoms with Crippen LogP contribution in [-0.4, -0.2) is 16.5 Å². The molecule has 0 amide bonds. The molecule has 1 atom stereocenters. The van der Waals surface area contributed by atoms with Crippen LogP contribution in [0.15, 0.2) is 71.5 Å². The molecule has 0 aliphatic rings. The van der Waals surface area contributed by atoms with Crippen molar-refractivity contribution < 1.29 is 0 Å². The monoisotopic (exact) mass is 410 g/mol. The van der Waals surface area contributed by atoms with Gasteiger partial charge in [-0.15, -0.1) is 0 Å². The first-order valence-electron chi connectivity index (χ1n) is 8.59. The molecule has 4 nitrogen and oxygen atoms in total. The highest BCUT2D eigenvalue weighted by atomic mass is 79.9. The second-order valence-corrected chi connectivity index (χ2v) is 7.85. The molecule has 134 valence electrons. The van der Waals surface area contributed by atoms with Gasteiger partial charge in [0.05, 0.1) is 5.69 Å². The Morgan fingerprint density at radius 1 is 1.04 bits per heavy atom. The highest BCUT2D eigenvalue weighted by Crippen LogP contribution is 2.32. The average Bonchev–Trinajstić information content (AvgIpc) is 2.68. The third-order valence-electron chi connectivity index (χ3n) is 4.53. The van der Waals surface area contributed by atoms with Gasteiger partial charge in [0, 0.05) is 40.4 Å². The van der Waals surface area contributed by atoms with Crippen LogP contribution in [0.3, 0.4) is 0 Å². The van der Waals surface area contributed by atoms with Crippen molar-refractivity contribution in [1.82, 2.24) is 9.97 Å². The van der Waals surface area contributed by atoms with Gasteiger partial charge in [0.2, 0.25) is 0 Å². The highest BCUT2D eigenvalue weighted by molar-refractivity contribution is 9.10. The predicted molar refractivity (Wildman–Crippen MR) is 111 cm³/mol. The van der Waals surface area contributed by atoms with Gasteiger partial charge >= 0.3 is 0 Å². The van der Waals surface area contributed by atoms with Crippen molar-refractivity contribution in [2.24, 2.45) is 11.1 Å². The summed E-state index contributed by atoms with van der Waals surface area (Å²) in [6.45, 7) is 5.05. The summed E-state index contributed by atoms with van der Waals surface area (Å²) in [7, 11) is 0. The first-order chi connectivity index (χ1) is 12.5. The summed E-state index contributed by atoms with van der Waals surface area (Å²) in [5.74, 6) is 0.827. The molecule has 0 saturated carbocycles. The fourth-order valence-electron chi connectivity index (χ4n) is 2.79. The maximum Gasteiger partial charge on any atom is 0.126 e. The van der Waals surface area contributed by atoms with Crippen LogP contribution < -0.4 is 11.1 Å². The Labute approximate surface area is 163 Å². The van der Waals surface area contributed by atoms with Gasteiger partial charge in [0.15, 0.2) is 0 Å². The van der Waals surface area contributed by atoms with Crippen LogP contribution in [-0.2, 0) is 0 Å². The van der Waals surface area contributed by atoms with E-state index in [1.165, 1.54) is 0 Å². The van der Waals surface area contributed by atoms with Gasteiger partial charge < -0.3 is 11.1 Å². The molecule has 26 heavy (non-hydrogen) atoms. The van der Waals surface area contributed by atoms with E-state index in [-0.39, 0.29) is 11.5 Å². The number of aromatic nitrogens is 2. The Balaban J connectivity index is 1.75. The summed E-state index contributed by atoms with van der Waals surface area (Å²) in [5.41, 5.74) is 9.43. The summed E-state index contributed by atoms with van der Waals surface area (Å²) in [6.07, 6.45) is 3.54. The Morgan fingerprint density at radius 2 is 1.73 bits per heavy atom. The fraction of sp³-hybridized carbons (Fsp3) is 0.238. The minimum Gasteiger partial charge on any atom is -0.369 e. The van der Waals surface area contributed by atoms with Gasteiger partial charge in [-0.2, -0.15) is 0 Å². The molecule has 0 radical (unpaired) electrons. The lowest BCUT2D eigenvalue weighted by atomic mass is 9.81. The predicted octanol–water partition coefficient (Wildman–Crippen LogP) is 5.04. The molecule has 2 heterocycles. The SMILES string of the molecule is CC(C)(CNc1ccc(Br)c(-c2ccncc2)n1)[C@@H](N)c1ccccc1. The summed E-state index contributed by atoms with van der Waals surface area (Å²) < 4.78 is 0.953. The quantitative estimate of drug-likeness (QED) is 0.596. The molecule has 0 spiro atoms. The van der Waals surface area contributed by atoms with Gasteiger partial charge in [0.1, 0.15) is 5.82 Å². The largest absolute Gasteiger partial charge is 0.369 e. The summed E-state index contributed by atoms with van der Waals surface area (Å²) in [5, 5.41) is 3.45. The summed E-state index contributed by atoms with van der Waals surface area (Å²) in [4.78, 5) is 8.82. The number of rotatable bonds is 6. The number of nitrogens with one attached hydrogen (secondary N) is 1. The van der Waals surface area contributed by atoms with Crippen molar-refractivity contribution in [3.8, 4) is 11.3 Å². The van der Waals surface area contributed by atoms with Gasteiger partial charge in [-0.25, -0.2) is 4.98 Å². The van der Waals surface area contributed by atoms with Crippen molar-refractivity contribution in [2.45, 2.75) is 19.9 Å². The molecule has 3 rings (SSSR count). The normalized spacial score (nSPS) is 12.6. The van der Waals surface area contributed by atoms with E-state index in [0.717, 1.165) is 27.1 Å². The maximum atomic E-state index is 6.51. The number of benzene rings is 1. The van der Waals surface area contributed by atoms with Gasteiger partial charge in [-0.3, -0.25) is 4.98 Å². The molecule has 3 aromatic rings. The number of nitrogens with zero attached hydrogens (tertiary/aromatic N) is 2. The summed E-state index contributed by atoms with van der Waals surface area (Å²) >= 11 is 3.58. The smallest absolute Gasteiger partial charge is 0.126 e. The van der Waals surface area contributed by atoms with Crippen LogP contribution in [0.2, 0.25) is 0 Å². The molecule has 0 aliphatic carbocycles. The van der Waals surface area contributed by atoms with Crippen molar-refractivity contribution in [2.75, 3.05) is 11.9 Å². The van der Waals surface area contributed by atoms with Gasteiger partial charge in [0.25, 0.3) is 0 Å². The lowest BCUT2D eigenvalue weighted by Crippen LogP contribution is -2.35. The topological polar surface area (TPSA) is 63.8 Å². The molecule has 1 aromatic carbocycles. The lowest BCUT2D eigenvalue weighted by molar-refractivity contribution is 0.310. The second kappa shape index (κ2) is 7.98. The lowest BCUT2D eigenvalue weighted by Gasteiger charge is -2.32. The Morgan fingerprint density at radius 3 is 2.42 bits per heavy atom. The Hall–Kier alpha value is -2.24. The molecule has 0 bridgehead atoms. The van der Waals surface area contributed by atoms with E-state index in [4.69, 9.17) is 10.7 Å². The van der Waals surface area contributed by atoms with Crippen molar-refractivity contribution in [1.29, 1.82) is 0 Å². The van der Waals surface area contributed by atoms with E-state index >= 15 is 0 Å². The van der Waals surface area contributed by atoms with Gasteiger partial charge in [-0.1, -0.05) is 44.2 Å². The van der Waals surface area contributed by atoms with E-state index in [2.05, 4.69) is 52.2 Å². The van der Waals surface area contributed by atoms with Crippen LogP contribution in [0, 0.1) is 5.41 Å². The third-order valence-corrected chi connectivity index (χ3v) is 5.17. The van der Waals surface area contributed by atoms with Crippen LogP contribution in [0.1, 0.15) is 25.5 Å². The number of halogens is 1. The highest BCUT2D eigenvalue weighted by Gasteiger charge is 2.27. The first kappa shape index (κ1) is 18.5. The van der Waals surface area contributed by atoms with Crippen LogP contribution >= 0.6 is 15.9 Å². The Kier molecular flexibility index (Phi) is 5.69. The van der Waals surface area contributed by atoms with E-state index in [9.17, 15) is 0 Å². The van der Waals surface area contributed by atoms with E-state index in [1.807, 2.05) is 42.5 Å². The zero-order valence-electron chi connectivity index (χ0n) is 15.0. The van der Waals surface area contributed by atoms with Crippen LogP contribution in [0.5, 0.6) is 0 Å². The molecule has 3 N–H and O–H groups in total. The maximum absolute atomic E-state index is 6.51. The second-order valence-electron chi connectivity index (χ2n) is 6.99. The number of nitrogens with two attached hydrogens (primary N) is 1. The number of hydrogen-bond donors (Lipinski definition) is 2. The number of hydrogen-bond acceptors (Lipinski definition) is 4. The van der Waals surface area contributed by atoms with E-state index in [1.54, 1.807) is 12.4 Å². The minimum absolute atomic E-state index is 0.0636. The standard InChI is InChI=1S/C21H23BrN4/c1-21(2,20(23)16-6-4-3-5-7-16)14-25-18-9-8-17(22)19(26-18)15-10-12-24-13-11-15/h3-13,20H,14,23H2,1-2H3,(H,25,26)/t20-/m0/s1. The average molecular weight is 411 g/mol. The molecular weight excluding hydrogens is 388 g/mol.